The largest absolute Gasteiger partial charge is 0.212 e. The van der Waals surface area contributed by atoms with Gasteiger partial charge in [0.1, 0.15) is 7.05 Å². The van der Waals surface area contributed by atoms with Crippen molar-refractivity contribution in [2.45, 2.75) is 40.9 Å². The summed E-state index contributed by atoms with van der Waals surface area (Å²) in [6.45, 7) is 5.45. The molecule has 0 saturated heterocycles. The molecule has 0 atom stereocenters. The van der Waals surface area contributed by atoms with Gasteiger partial charge >= 0.3 is 0 Å². The first-order valence-corrected chi connectivity index (χ1v) is 6.87. The van der Waals surface area contributed by atoms with Gasteiger partial charge < -0.3 is 0 Å². The molecule has 1 aromatic carbocycles. The summed E-state index contributed by atoms with van der Waals surface area (Å²) < 4.78 is 41.3. The first-order chi connectivity index (χ1) is 11.2. The number of pyridine rings is 1. The molecule has 1 heteroatoms. The molecule has 0 unspecified atom stereocenters. The van der Waals surface area contributed by atoms with Gasteiger partial charge in [0.15, 0.2) is 6.20 Å². The van der Waals surface area contributed by atoms with Gasteiger partial charge in [-0.15, -0.1) is 0 Å². The molecule has 20 heavy (non-hydrogen) atoms. The molecule has 0 N–H and O–H groups in total. The fourth-order valence-corrected chi connectivity index (χ4v) is 2.35. The molecule has 106 valence electrons. The maximum atomic E-state index is 8.42. The number of aromatic nitrogens is 1. The quantitative estimate of drug-likeness (QED) is 0.715. The normalized spacial score (nSPS) is 16.8. The topological polar surface area (TPSA) is 3.88 Å². The van der Waals surface area contributed by atoms with E-state index in [9.17, 15) is 0 Å². The van der Waals surface area contributed by atoms with Gasteiger partial charge in [-0.05, 0) is 43.3 Å². The monoisotopic (exact) mass is 273 g/mol. The number of aryl methyl sites for hydroxylation is 3. The standard InChI is InChI=1S/C19H26N/c1-14-7-9-17(15(2)11-14)18-10-8-16(13-20(18)6)12-19(3,4)5/h7-11,13H,12H2,1-6H3/q+1/i1D3,12D2. The number of rotatable bonds is 2. The zero-order chi connectivity index (χ0) is 19.2. The molecule has 0 fully saturated rings. The van der Waals surface area contributed by atoms with Gasteiger partial charge in [-0.25, -0.2) is 4.57 Å². The highest BCUT2D eigenvalue weighted by Crippen LogP contribution is 2.23. The van der Waals surface area contributed by atoms with Gasteiger partial charge in [0, 0.05) is 24.0 Å². The first-order valence-electron chi connectivity index (χ1n) is 9.37. The molecule has 2 rings (SSSR count). The lowest BCUT2D eigenvalue weighted by molar-refractivity contribution is -0.660. The molecule has 0 radical (unpaired) electrons. The van der Waals surface area contributed by atoms with Crippen LogP contribution in [0.25, 0.3) is 11.3 Å². The molecular formula is C19H26N+. The van der Waals surface area contributed by atoms with E-state index in [0.29, 0.717) is 11.1 Å². The van der Waals surface area contributed by atoms with Gasteiger partial charge in [-0.1, -0.05) is 38.5 Å². The highest BCUT2D eigenvalue weighted by molar-refractivity contribution is 5.61. The van der Waals surface area contributed by atoms with Crippen LogP contribution < -0.4 is 4.57 Å². The summed E-state index contributed by atoms with van der Waals surface area (Å²) in [5.74, 6) is 0. The van der Waals surface area contributed by atoms with E-state index in [4.69, 9.17) is 6.85 Å². The Bertz CT molecular complexity index is 785. The van der Waals surface area contributed by atoms with Crippen molar-refractivity contribution in [1.82, 2.24) is 0 Å². The average molecular weight is 273 g/mol. The van der Waals surface area contributed by atoms with Crippen LogP contribution in [0.4, 0.5) is 0 Å². The minimum absolute atomic E-state index is 0.331. The molecule has 0 aliphatic heterocycles. The Labute approximate surface area is 130 Å². The first kappa shape index (κ1) is 9.33. The van der Waals surface area contributed by atoms with Crippen LogP contribution in [0.3, 0.4) is 0 Å². The van der Waals surface area contributed by atoms with Crippen LogP contribution in [0.5, 0.6) is 0 Å². The van der Waals surface area contributed by atoms with Crippen LogP contribution in [0.2, 0.25) is 0 Å². The van der Waals surface area contributed by atoms with Gasteiger partial charge in [-0.2, -0.15) is 0 Å². The average Bonchev–Trinajstić information content (AvgIpc) is 2.45. The van der Waals surface area contributed by atoms with E-state index in [-0.39, 0.29) is 0 Å². The summed E-state index contributed by atoms with van der Waals surface area (Å²) in [5, 5.41) is 0. The summed E-state index contributed by atoms with van der Waals surface area (Å²) >= 11 is 0. The van der Waals surface area contributed by atoms with Crippen LogP contribution in [-0.4, -0.2) is 0 Å². The van der Waals surface area contributed by atoms with E-state index in [1.54, 1.807) is 12.1 Å². The van der Waals surface area contributed by atoms with Crippen molar-refractivity contribution in [1.29, 1.82) is 0 Å². The van der Waals surface area contributed by atoms with E-state index in [2.05, 4.69) is 0 Å². The highest BCUT2D eigenvalue weighted by atomic mass is 14.9. The summed E-state index contributed by atoms with van der Waals surface area (Å²) in [5.41, 5.74) is 3.19. The lowest BCUT2D eigenvalue weighted by atomic mass is 9.88. The third-order valence-electron chi connectivity index (χ3n) is 3.16. The molecule has 0 spiro atoms. The van der Waals surface area contributed by atoms with E-state index < -0.39 is 18.6 Å². The van der Waals surface area contributed by atoms with E-state index in [1.165, 1.54) is 0 Å². The SMILES string of the molecule is [2H]C([2H])([2H])c1ccc(-c2ccc(C([2H])([2H])C(C)(C)C)c[n+]2C)c(C)c1. The Hall–Kier alpha value is -1.63. The molecule has 2 aromatic rings. The van der Waals surface area contributed by atoms with Crippen LogP contribution >= 0.6 is 0 Å². The molecule has 1 aromatic heterocycles. The summed E-state index contributed by atoms with van der Waals surface area (Å²) in [4.78, 5) is 0. The Morgan fingerprint density at radius 1 is 1.20 bits per heavy atom. The minimum Gasteiger partial charge on any atom is -0.201 e. The van der Waals surface area contributed by atoms with Crippen molar-refractivity contribution in [3.8, 4) is 11.3 Å². The maximum absolute atomic E-state index is 8.42. The molecule has 0 saturated carbocycles. The van der Waals surface area contributed by atoms with Crippen LogP contribution in [0.15, 0.2) is 36.5 Å². The lowest BCUT2D eigenvalue weighted by Crippen LogP contribution is -2.32. The zero-order valence-corrected chi connectivity index (χ0v) is 12.9. The van der Waals surface area contributed by atoms with E-state index in [0.717, 1.165) is 16.8 Å². The molecule has 1 nitrogen and oxygen atoms in total. The second-order valence-corrected chi connectivity index (χ2v) is 6.32. The minimum atomic E-state index is -2.11. The summed E-state index contributed by atoms with van der Waals surface area (Å²) in [6.07, 6.45) is 0.362. The smallest absolute Gasteiger partial charge is 0.201 e. The Balaban J connectivity index is 2.50. The van der Waals surface area contributed by atoms with Gasteiger partial charge in [0.2, 0.25) is 5.69 Å². The van der Waals surface area contributed by atoms with Crippen molar-refractivity contribution < 1.29 is 11.4 Å². The Morgan fingerprint density at radius 3 is 2.50 bits per heavy atom. The van der Waals surface area contributed by atoms with Crippen molar-refractivity contribution in [2.24, 2.45) is 12.5 Å². The van der Waals surface area contributed by atoms with E-state index >= 15 is 0 Å². The van der Waals surface area contributed by atoms with Gasteiger partial charge in [0.05, 0.1) is 0 Å². The Kier molecular flexibility index (Phi) is 2.52. The highest BCUT2D eigenvalue weighted by Gasteiger charge is 2.16. The van der Waals surface area contributed by atoms with Gasteiger partial charge in [0.25, 0.3) is 0 Å². The molecular weight excluding hydrogens is 242 g/mol. The van der Waals surface area contributed by atoms with Crippen LogP contribution in [0.1, 0.15) is 44.3 Å². The third kappa shape index (κ3) is 3.47. The summed E-state index contributed by atoms with van der Waals surface area (Å²) in [7, 11) is 1.88. The predicted molar refractivity (Wildman–Crippen MR) is 85.7 cm³/mol. The number of benzene rings is 1. The second kappa shape index (κ2) is 5.40. The predicted octanol–water partition coefficient (Wildman–Crippen LogP) is 4.38. The van der Waals surface area contributed by atoms with Crippen LogP contribution in [0, 0.1) is 19.2 Å². The van der Waals surface area contributed by atoms with E-state index in [1.807, 2.05) is 63.7 Å². The van der Waals surface area contributed by atoms with Crippen molar-refractivity contribution in [3.63, 3.8) is 0 Å². The van der Waals surface area contributed by atoms with Gasteiger partial charge in [-0.3, -0.25) is 0 Å². The van der Waals surface area contributed by atoms with Crippen molar-refractivity contribution >= 4 is 0 Å². The number of hydrogen-bond donors (Lipinski definition) is 0. The molecule has 0 amide bonds. The second-order valence-electron chi connectivity index (χ2n) is 6.32. The van der Waals surface area contributed by atoms with Crippen LogP contribution in [-0.2, 0) is 13.4 Å². The summed E-state index contributed by atoms with van der Waals surface area (Å²) in [6, 6.07) is 8.88. The van der Waals surface area contributed by atoms with Crippen molar-refractivity contribution in [2.75, 3.05) is 0 Å². The number of hydrogen-bond acceptors (Lipinski definition) is 0. The molecule has 0 aliphatic rings. The molecule has 0 aliphatic carbocycles. The fraction of sp³-hybridized carbons (Fsp3) is 0.421. The molecule has 0 bridgehead atoms. The third-order valence-corrected chi connectivity index (χ3v) is 3.16. The Morgan fingerprint density at radius 2 is 1.95 bits per heavy atom. The fourth-order valence-electron chi connectivity index (χ4n) is 2.35. The number of nitrogens with zero attached hydrogens (tertiary/aromatic N) is 1. The van der Waals surface area contributed by atoms with Crippen molar-refractivity contribution in [3.05, 3.63) is 53.2 Å². The lowest BCUT2D eigenvalue weighted by Gasteiger charge is -2.17. The maximum Gasteiger partial charge on any atom is 0.212 e. The zero-order valence-electron chi connectivity index (χ0n) is 17.9. The molecule has 1 heterocycles.